The van der Waals surface area contributed by atoms with Crippen LogP contribution < -0.4 is 11.2 Å². The summed E-state index contributed by atoms with van der Waals surface area (Å²) < 4.78 is 4.78. The molecule has 0 spiro atoms. The number of hydrogen-bond acceptors (Lipinski definition) is 6. The fourth-order valence-corrected chi connectivity index (χ4v) is 2.64. The van der Waals surface area contributed by atoms with Crippen LogP contribution in [0.5, 0.6) is 0 Å². The van der Waals surface area contributed by atoms with E-state index in [-0.39, 0.29) is 17.2 Å². The second kappa shape index (κ2) is 7.77. The number of amides is 1. The van der Waals surface area contributed by atoms with Crippen molar-refractivity contribution in [2.45, 2.75) is 5.92 Å². The molecule has 0 aliphatic rings. The number of aliphatic imine (C=N–C) groups is 1. The minimum Gasteiger partial charge on any atom is -0.369 e. The molecule has 1 amide bonds. The standard InChI is InChI=1S/C17H14ClN5O3/c18-11-7-4-8-12(9-11)20-17(21-25)15-14(22-26-23-15)13(16(19)24)10-5-2-1-3-6-10/h1-9,13,25H,(H2,19,24)(H,20,21). The molecule has 1 aromatic heterocycles. The van der Waals surface area contributed by atoms with E-state index in [4.69, 9.17) is 22.0 Å². The van der Waals surface area contributed by atoms with Gasteiger partial charge in [0.15, 0.2) is 11.5 Å². The van der Waals surface area contributed by atoms with Crippen LogP contribution in [-0.2, 0) is 4.79 Å². The molecule has 0 fully saturated rings. The number of carbonyl (C=O) groups excluding carboxylic acids is 1. The summed E-state index contributed by atoms with van der Waals surface area (Å²) in [6.45, 7) is 0. The van der Waals surface area contributed by atoms with Gasteiger partial charge in [-0.3, -0.25) is 15.5 Å². The minimum absolute atomic E-state index is 0.0557. The molecule has 3 rings (SSSR count). The monoisotopic (exact) mass is 371 g/mol. The molecule has 9 heteroatoms. The molecule has 26 heavy (non-hydrogen) atoms. The van der Waals surface area contributed by atoms with Crippen LogP contribution >= 0.6 is 11.6 Å². The second-order valence-corrected chi connectivity index (χ2v) is 5.73. The van der Waals surface area contributed by atoms with Crippen molar-refractivity contribution in [3.63, 3.8) is 0 Å². The summed E-state index contributed by atoms with van der Waals surface area (Å²) in [7, 11) is 0. The Labute approximate surface area is 153 Å². The number of nitrogens with two attached hydrogens (primary N) is 1. The van der Waals surface area contributed by atoms with E-state index >= 15 is 0 Å². The molecular formula is C17H14ClN5O3. The smallest absolute Gasteiger partial charge is 0.231 e. The number of benzene rings is 2. The molecule has 3 aromatic rings. The number of hydrogen-bond donors (Lipinski definition) is 3. The quantitative estimate of drug-likeness (QED) is 0.359. The molecule has 0 bridgehead atoms. The van der Waals surface area contributed by atoms with E-state index in [0.29, 0.717) is 16.3 Å². The number of halogens is 1. The highest BCUT2D eigenvalue weighted by Crippen LogP contribution is 2.26. The number of rotatable bonds is 5. The van der Waals surface area contributed by atoms with E-state index in [1.165, 1.54) is 0 Å². The zero-order valence-corrected chi connectivity index (χ0v) is 14.1. The normalized spacial score (nSPS) is 12.6. The van der Waals surface area contributed by atoms with Crippen molar-refractivity contribution in [1.82, 2.24) is 15.8 Å². The van der Waals surface area contributed by atoms with Crippen molar-refractivity contribution in [3.8, 4) is 0 Å². The van der Waals surface area contributed by atoms with Crippen LogP contribution in [0.1, 0.15) is 22.9 Å². The first-order valence-corrected chi connectivity index (χ1v) is 7.89. The molecule has 0 saturated carbocycles. The molecule has 1 unspecified atom stereocenters. The first-order valence-electron chi connectivity index (χ1n) is 7.51. The third-order valence-electron chi connectivity index (χ3n) is 3.58. The van der Waals surface area contributed by atoms with Crippen LogP contribution in [0.15, 0.2) is 64.2 Å². The molecule has 2 aromatic carbocycles. The van der Waals surface area contributed by atoms with Crippen molar-refractivity contribution in [2.24, 2.45) is 10.7 Å². The molecule has 8 nitrogen and oxygen atoms in total. The van der Waals surface area contributed by atoms with Crippen molar-refractivity contribution >= 4 is 29.0 Å². The first-order chi connectivity index (χ1) is 12.6. The van der Waals surface area contributed by atoms with E-state index in [1.807, 2.05) is 11.5 Å². The SMILES string of the molecule is NC(=O)C(c1ccccc1)c1nonc1C(=Nc1cccc(Cl)c1)NO. The van der Waals surface area contributed by atoms with Crippen molar-refractivity contribution in [3.05, 3.63) is 76.6 Å². The number of nitrogens with one attached hydrogen (secondary N) is 1. The molecule has 0 aliphatic heterocycles. The molecule has 132 valence electrons. The zero-order valence-electron chi connectivity index (χ0n) is 13.3. The van der Waals surface area contributed by atoms with Gasteiger partial charge in [-0.15, -0.1) is 0 Å². The fourth-order valence-electron chi connectivity index (χ4n) is 2.46. The van der Waals surface area contributed by atoms with E-state index < -0.39 is 11.8 Å². The first kappa shape index (κ1) is 17.6. The molecule has 0 saturated heterocycles. The lowest BCUT2D eigenvalue weighted by Gasteiger charge is -2.12. The van der Waals surface area contributed by atoms with Gasteiger partial charge in [0.05, 0.1) is 5.69 Å². The van der Waals surface area contributed by atoms with Crippen LogP contribution in [0, 0.1) is 0 Å². The lowest BCUT2D eigenvalue weighted by atomic mass is 9.93. The maximum Gasteiger partial charge on any atom is 0.231 e. The molecular weight excluding hydrogens is 358 g/mol. The van der Waals surface area contributed by atoms with Crippen LogP contribution in [0.3, 0.4) is 0 Å². The van der Waals surface area contributed by atoms with Gasteiger partial charge in [0.25, 0.3) is 0 Å². The Kier molecular flexibility index (Phi) is 5.26. The predicted octanol–water partition coefficient (Wildman–Crippen LogP) is 2.40. The third-order valence-corrected chi connectivity index (χ3v) is 3.82. The Morgan fingerprint density at radius 2 is 1.96 bits per heavy atom. The van der Waals surface area contributed by atoms with Gasteiger partial charge >= 0.3 is 0 Å². The lowest BCUT2D eigenvalue weighted by Crippen LogP contribution is -2.27. The Hall–Kier alpha value is -3.23. The summed E-state index contributed by atoms with van der Waals surface area (Å²) in [5.41, 5.74) is 8.76. The zero-order chi connectivity index (χ0) is 18.5. The number of aromatic nitrogens is 2. The van der Waals surface area contributed by atoms with Gasteiger partial charge in [0, 0.05) is 5.02 Å². The molecule has 1 heterocycles. The van der Waals surface area contributed by atoms with E-state index in [9.17, 15) is 10.0 Å². The molecule has 0 aliphatic carbocycles. The molecule has 1 atom stereocenters. The summed E-state index contributed by atoms with van der Waals surface area (Å²) in [6, 6.07) is 15.5. The predicted molar refractivity (Wildman–Crippen MR) is 94.3 cm³/mol. The molecule has 0 radical (unpaired) electrons. The average molecular weight is 372 g/mol. The maximum atomic E-state index is 12.0. The largest absolute Gasteiger partial charge is 0.369 e. The fraction of sp³-hybridized carbons (Fsp3) is 0.0588. The Balaban J connectivity index is 2.07. The topological polar surface area (TPSA) is 127 Å². The van der Waals surface area contributed by atoms with Crippen LogP contribution in [0.25, 0.3) is 0 Å². The van der Waals surface area contributed by atoms with Gasteiger partial charge in [-0.05, 0) is 28.9 Å². The third kappa shape index (κ3) is 3.71. The summed E-state index contributed by atoms with van der Waals surface area (Å²) in [5, 5.41) is 17.5. The van der Waals surface area contributed by atoms with Gasteiger partial charge < -0.3 is 5.73 Å². The molecule has 4 N–H and O–H groups in total. The highest BCUT2D eigenvalue weighted by Gasteiger charge is 2.30. The van der Waals surface area contributed by atoms with Gasteiger partial charge in [-0.25, -0.2) is 9.62 Å². The van der Waals surface area contributed by atoms with E-state index in [1.54, 1.807) is 48.5 Å². The number of carbonyl (C=O) groups is 1. The Morgan fingerprint density at radius 3 is 2.62 bits per heavy atom. The van der Waals surface area contributed by atoms with E-state index in [0.717, 1.165) is 0 Å². The summed E-state index contributed by atoms with van der Waals surface area (Å²) in [5.74, 6) is -1.63. The Morgan fingerprint density at radius 1 is 1.19 bits per heavy atom. The lowest BCUT2D eigenvalue weighted by molar-refractivity contribution is -0.118. The van der Waals surface area contributed by atoms with Gasteiger partial charge in [0.1, 0.15) is 11.6 Å². The second-order valence-electron chi connectivity index (χ2n) is 5.30. The maximum absolute atomic E-state index is 12.0. The Bertz CT molecular complexity index is 942. The minimum atomic E-state index is -0.921. The average Bonchev–Trinajstić information content (AvgIpc) is 3.09. The van der Waals surface area contributed by atoms with Crippen LogP contribution in [0.4, 0.5) is 5.69 Å². The van der Waals surface area contributed by atoms with Crippen molar-refractivity contribution in [1.29, 1.82) is 0 Å². The highest BCUT2D eigenvalue weighted by molar-refractivity contribution is 6.30. The van der Waals surface area contributed by atoms with E-state index in [2.05, 4.69) is 15.3 Å². The number of nitrogens with zero attached hydrogens (tertiary/aromatic N) is 3. The van der Waals surface area contributed by atoms with Crippen molar-refractivity contribution < 1.29 is 14.6 Å². The van der Waals surface area contributed by atoms with Crippen LogP contribution in [0.2, 0.25) is 5.02 Å². The number of hydroxylamine groups is 1. The van der Waals surface area contributed by atoms with Gasteiger partial charge in [-0.1, -0.05) is 53.2 Å². The van der Waals surface area contributed by atoms with Gasteiger partial charge in [0.2, 0.25) is 5.91 Å². The number of amidine groups is 1. The van der Waals surface area contributed by atoms with Crippen LogP contribution in [-0.4, -0.2) is 27.3 Å². The highest BCUT2D eigenvalue weighted by atomic mass is 35.5. The van der Waals surface area contributed by atoms with Gasteiger partial charge in [-0.2, -0.15) is 0 Å². The summed E-state index contributed by atoms with van der Waals surface area (Å²) in [4.78, 5) is 16.3. The summed E-state index contributed by atoms with van der Waals surface area (Å²) >= 11 is 5.94. The number of primary amides is 1. The van der Waals surface area contributed by atoms with Crippen molar-refractivity contribution in [2.75, 3.05) is 0 Å². The summed E-state index contributed by atoms with van der Waals surface area (Å²) in [6.07, 6.45) is 0.